The Hall–Kier alpha value is -2.51. The number of carboxylic acid groups (broad SMARTS) is 1. The van der Waals surface area contributed by atoms with Crippen LogP contribution in [0, 0.1) is 5.82 Å². The first-order valence-electron chi connectivity index (χ1n) is 9.48. The largest absolute Gasteiger partial charge is 0.493 e. The average molecular weight is 396 g/mol. The van der Waals surface area contributed by atoms with E-state index in [9.17, 15) is 19.1 Å². The molecule has 0 spiro atoms. The molecular weight excluding hydrogens is 367 g/mol. The van der Waals surface area contributed by atoms with Crippen molar-refractivity contribution in [1.82, 2.24) is 10.2 Å². The molecule has 156 valence electrons. The molecule has 0 aromatic heterocycles. The van der Waals surface area contributed by atoms with Gasteiger partial charge < -0.3 is 24.8 Å². The number of nitrogens with one attached hydrogen (secondary N) is 1. The molecule has 7 nitrogen and oxygen atoms in total. The summed E-state index contributed by atoms with van der Waals surface area (Å²) in [6.45, 7) is 7.92. The molecule has 2 rings (SSSR count). The summed E-state index contributed by atoms with van der Waals surface area (Å²) in [5.41, 5.74) is -0.0340. The molecule has 1 aliphatic heterocycles. The highest BCUT2D eigenvalue weighted by Crippen LogP contribution is 2.37. The number of ether oxygens (including phenoxy) is 2. The second-order valence-corrected chi connectivity index (χ2v) is 8.00. The molecule has 1 saturated heterocycles. The van der Waals surface area contributed by atoms with E-state index >= 15 is 0 Å². The highest BCUT2D eigenvalue weighted by Gasteiger charge is 2.32. The molecule has 1 aliphatic rings. The first kappa shape index (κ1) is 21.8. The summed E-state index contributed by atoms with van der Waals surface area (Å²) in [5.74, 6) is 0.0311. The van der Waals surface area contributed by atoms with Gasteiger partial charge in [-0.15, -0.1) is 0 Å². The van der Waals surface area contributed by atoms with Gasteiger partial charge in [0.1, 0.15) is 17.2 Å². The number of hydrogen-bond donors (Lipinski definition) is 2. The Morgan fingerprint density at radius 2 is 2.11 bits per heavy atom. The van der Waals surface area contributed by atoms with Gasteiger partial charge in [-0.3, -0.25) is 0 Å². The maximum Gasteiger partial charge on any atom is 0.407 e. The second kappa shape index (κ2) is 9.12. The van der Waals surface area contributed by atoms with Crippen molar-refractivity contribution in [2.75, 3.05) is 13.2 Å². The van der Waals surface area contributed by atoms with Gasteiger partial charge in [0.05, 0.1) is 12.6 Å². The van der Waals surface area contributed by atoms with Crippen LogP contribution in [0.2, 0.25) is 0 Å². The molecule has 0 aliphatic carbocycles. The molecule has 0 saturated carbocycles. The van der Waals surface area contributed by atoms with E-state index in [-0.39, 0.29) is 12.6 Å². The van der Waals surface area contributed by atoms with Gasteiger partial charge in [-0.1, -0.05) is 0 Å². The van der Waals surface area contributed by atoms with E-state index in [0.717, 1.165) is 6.42 Å². The summed E-state index contributed by atoms with van der Waals surface area (Å²) in [6, 6.07) is 3.56. The lowest BCUT2D eigenvalue weighted by Crippen LogP contribution is -2.38. The SMILES string of the molecule is CC(CCOc1ccc(F)cc1C1CCCN1C(=O)O)NC(=O)OC(C)(C)C. The maximum atomic E-state index is 13.8. The fourth-order valence-electron chi connectivity index (χ4n) is 3.16. The van der Waals surface area contributed by atoms with Gasteiger partial charge in [-0.2, -0.15) is 0 Å². The van der Waals surface area contributed by atoms with Gasteiger partial charge in [0.25, 0.3) is 0 Å². The number of alkyl carbamates (subject to hydrolysis) is 1. The number of amides is 2. The van der Waals surface area contributed by atoms with E-state index < -0.39 is 29.6 Å². The smallest absolute Gasteiger partial charge is 0.407 e. The van der Waals surface area contributed by atoms with Crippen LogP contribution < -0.4 is 10.1 Å². The van der Waals surface area contributed by atoms with Crippen molar-refractivity contribution < 1.29 is 28.6 Å². The number of hydrogen-bond acceptors (Lipinski definition) is 4. The van der Waals surface area contributed by atoms with E-state index in [4.69, 9.17) is 9.47 Å². The summed E-state index contributed by atoms with van der Waals surface area (Å²) in [7, 11) is 0. The number of carbonyl (C=O) groups is 2. The van der Waals surface area contributed by atoms with E-state index in [2.05, 4.69) is 5.32 Å². The first-order valence-corrected chi connectivity index (χ1v) is 9.48. The third-order valence-electron chi connectivity index (χ3n) is 4.40. The molecule has 2 unspecified atom stereocenters. The molecule has 28 heavy (non-hydrogen) atoms. The van der Waals surface area contributed by atoms with Gasteiger partial charge in [0.15, 0.2) is 0 Å². The molecule has 0 bridgehead atoms. The summed E-state index contributed by atoms with van der Waals surface area (Å²) < 4.78 is 24.8. The van der Waals surface area contributed by atoms with Crippen LogP contribution in [0.5, 0.6) is 5.75 Å². The summed E-state index contributed by atoms with van der Waals surface area (Å²) >= 11 is 0. The molecule has 0 radical (unpaired) electrons. The van der Waals surface area contributed by atoms with Crippen LogP contribution in [0.25, 0.3) is 0 Å². The predicted octanol–water partition coefficient (Wildman–Crippen LogP) is 4.32. The molecular formula is C20H29FN2O5. The summed E-state index contributed by atoms with van der Waals surface area (Å²) in [5, 5.41) is 12.1. The first-order chi connectivity index (χ1) is 13.1. The van der Waals surface area contributed by atoms with Crippen molar-refractivity contribution in [1.29, 1.82) is 0 Å². The number of benzene rings is 1. The van der Waals surface area contributed by atoms with Crippen molar-refractivity contribution in [3.8, 4) is 5.75 Å². The fraction of sp³-hybridized carbons (Fsp3) is 0.600. The monoisotopic (exact) mass is 396 g/mol. The van der Waals surface area contributed by atoms with Crippen LogP contribution in [-0.4, -0.2) is 47.0 Å². The zero-order valence-electron chi connectivity index (χ0n) is 16.8. The van der Waals surface area contributed by atoms with Crippen LogP contribution in [0.3, 0.4) is 0 Å². The van der Waals surface area contributed by atoms with Crippen molar-refractivity contribution in [2.24, 2.45) is 0 Å². The summed E-state index contributed by atoms with van der Waals surface area (Å²) in [4.78, 5) is 24.5. The zero-order chi connectivity index (χ0) is 20.9. The molecule has 1 aromatic rings. The molecule has 2 N–H and O–H groups in total. The number of likely N-dealkylation sites (tertiary alicyclic amines) is 1. The Kier molecular flexibility index (Phi) is 7.10. The van der Waals surface area contributed by atoms with E-state index in [1.54, 1.807) is 20.8 Å². The van der Waals surface area contributed by atoms with Crippen molar-refractivity contribution >= 4 is 12.2 Å². The van der Waals surface area contributed by atoms with Crippen LogP contribution in [0.1, 0.15) is 58.6 Å². The lowest BCUT2D eigenvalue weighted by molar-refractivity contribution is 0.0503. The Morgan fingerprint density at radius 3 is 2.75 bits per heavy atom. The Bertz CT molecular complexity index is 704. The third kappa shape index (κ3) is 6.28. The average Bonchev–Trinajstić information content (AvgIpc) is 3.04. The molecule has 1 aromatic carbocycles. The fourth-order valence-corrected chi connectivity index (χ4v) is 3.16. The lowest BCUT2D eigenvalue weighted by Gasteiger charge is -2.24. The van der Waals surface area contributed by atoms with Gasteiger partial charge in [-0.05, 0) is 58.7 Å². The topological polar surface area (TPSA) is 88.1 Å². The maximum absolute atomic E-state index is 13.8. The highest BCUT2D eigenvalue weighted by molar-refractivity contribution is 5.68. The minimum Gasteiger partial charge on any atom is -0.493 e. The van der Waals surface area contributed by atoms with E-state index in [1.807, 2.05) is 6.92 Å². The predicted molar refractivity (Wildman–Crippen MR) is 102 cm³/mol. The molecule has 1 heterocycles. The van der Waals surface area contributed by atoms with Crippen LogP contribution in [0.15, 0.2) is 18.2 Å². The van der Waals surface area contributed by atoms with E-state index in [0.29, 0.717) is 30.7 Å². The minimum absolute atomic E-state index is 0.180. The van der Waals surface area contributed by atoms with Crippen molar-refractivity contribution in [3.63, 3.8) is 0 Å². The van der Waals surface area contributed by atoms with Crippen molar-refractivity contribution in [2.45, 2.75) is 64.6 Å². The lowest BCUT2D eigenvalue weighted by atomic mass is 10.0. The molecule has 2 amide bonds. The number of carbonyl (C=O) groups excluding carboxylic acids is 1. The number of nitrogens with zero attached hydrogens (tertiary/aromatic N) is 1. The van der Waals surface area contributed by atoms with Gasteiger partial charge >= 0.3 is 12.2 Å². The minimum atomic E-state index is -1.02. The summed E-state index contributed by atoms with van der Waals surface area (Å²) in [6.07, 6.45) is 0.356. The number of rotatable bonds is 6. The van der Waals surface area contributed by atoms with Crippen molar-refractivity contribution in [3.05, 3.63) is 29.6 Å². The Balaban J connectivity index is 1.96. The van der Waals surface area contributed by atoms with Crippen LogP contribution >= 0.6 is 0 Å². The molecule has 1 fully saturated rings. The Morgan fingerprint density at radius 1 is 1.39 bits per heavy atom. The quantitative estimate of drug-likeness (QED) is 0.747. The Labute approximate surface area is 164 Å². The highest BCUT2D eigenvalue weighted by atomic mass is 19.1. The third-order valence-corrected chi connectivity index (χ3v) is 4.40. The molecule has 2 atom stereocenters. The standard InChI is InChI=1S/C20H29FN2O5/c1-13(22-18(24)28-20(2,3)4)9-11-27-17-8-7-14(21)12-15(17)16-6-5-10-23(16)19(25)26/h7-8,12-13,16H,5-6,9-11H2,1-4H3,(H,22,24)(H,25,26). The van der Waals surface area contributed by atoms with Crippen LogP contribution in [-0.2, 0) is 4.74 Å². The zero-order valence-corrected chi connectivity index (χ0v) is 16.8. The second-order valence-electron chi connectivity index (χ2n) is 8.00. The van der Waals surface area contributed by atoms with Gasteiger partial charge in [0.2, 0.25) is 0 Å². The van der Waals surface area contributed by atoms with Gasteiger partial charge in [0, 0.05) is 24.6 Å². The van der Waals surface area contributed by atoms with Gasteiger partial charge in [-0.25, -0.2) is 14.0 Å². The van der Waals surface area contributed by atoms with Crippen LogP contribution in [0.4, 0.5) is 14.0 Å². The molecule has 8 heteroatoms. The van der Waals surface area contributed by atoms with E-state index in [1.165, 1.54) is 23.1 Å². The normalized spacial score (nSPS) is 17.9. The number of halogens is 1.